The molecule has 8 heteroatoms. The minimum absolute atomic E-state index is 0.0636. The summed E-state index contributed by atoms with van der Waals surface area (Å²) in [5.41, 5.74) is 10.7. The number of amides is 1. The molecule has 1 fully saturated rings. The van der Waals surface area contributed by atoms with Crippen LogP contribution >= 0.6 is 12.2 Å². The molecular formula is C10H19N3O3S2. The number of piperidine rings is 1. The molecule has 1 rings (SSSR count). The number of sulfonamides is 1. The molecule has 0 aromatic rings. The highest BCUT2D eigenvalue weighted by Gasteiger charge is 2.40. The van der Waals surface area contributed by atoms with Gasteiger partial charge in [0.2, 0.25) is 15.9 Å². The molecule has 18 heavy (non-hydrogen) atoms. The number of nitrogens with two attached hydrogens (primary N) is 2. The van der Waals surface area contributed by atoms with Crippen LogP contribution in [0.2, 0.25) is 0 Å². The highest BCUT2D eigenvalue weighted by molar-refractivity contribution is 7.92. The van der Waals surface area contributed by atoms with Crippen LogP contribution in [0.1, 0.15) is 32.6 Å². The van der Waals surface area contributed by atoms with E-state index in [1.807, 2.05) is 0 Å². The fourth-order valence-corrected chi connectivity index (χ4v) is 4.74. The van der Waals surface area contributed by atoms with Crippen LogP contribution in [-0.2, 0) is 14.8 Å². The van der Waals surface area contributed by atoms with Crippen molar-refractivity contribution in [3.63, 3.8) is 0 Å². The molecule has 1 aliphatic rings. The molecule has 0 aromatic heterocycles. The van der Waals surface area contributed by atoms with Crippen molar-refractivity contribution in [2.24, 2.45) is 11.5 Å². The Morgan fingerprint density at radius 1 is 1.44 bits per heavy atom. The number of carbonyl (C=O) groups excluding carboxylic acids is 1. The van der Waals surface area contributed by atoms with Gasteiger partial charge in [0.1, 0.15) is 11.3 Å². The minimum Gasteiger partial charge on any atom is -0.392 e. The second kappa shape index (κ2) is 5.94. The zero-order chi connectivity index (χ0) is 13.9. The first kappa shape index (κ1) is 15.3. The van der Waals surface area contributed by atoms with Crippen molar-refractivity contribution in [1.29, 1.82) is 0 Å². The average Bonchev–Trinajstić information content (AvgIpc) is 2.28. The summed E-state index contributed by atoms with van der Waals surface area (Å²) in [6.07, 6.45) is 2.27. The van der Waals surface area contributed by atoms with E-state index in [1.165, 1.54) is 4.31 Å². The fraction of sp³-hybridized carbons (Fsp3) is 0.800. The Labute approximate surface area is 113 Å². The SMILES string of the molecule is CCC(C(N)=S)S(=O)(=O)N1CCCCC1C(N)=O. The average molecular weight is 293 g/mol. The number of hydrogen-bond acceptors (Lipinski definition) is 4. The van der Waals surface area contributed by atoms with Crippen molar-refractivity contribution in [3.05, 3.63) is 0 Å². The van der Waals surface area contributed by atoms with Crippen LogP contribution in [0.4, 0.5) is 0 Å². The molecular weight excluding hydrogens is 274 g/mol. The van der Waals surface area contributed by atoms with Crippen molar-refractivity contribution < 1.29 is 13.2 Å². The molecule has 0 aliphatic carbocycles. The smallest absolute Gasteiger partial charge is 0.235 e. The minimum atomic E-state index is -3.70. The molecule has 2 unspecified atom stereocenters. The lowest BCUT2D eigenvalue weighted by Crippen LogP contribution is -2.54. The van der Waals surface area contributed by atoms with E-state index in [2.05, 4.69) is 0 Å². The lowest BCUT2D eigenvalue weighted by molar-refractivity contribution is -0.122. The Balaban J connectivity index is 3.08. The highest BCUT2D eigenvalue weighted by atomic mass is 32.2. The van der Waals surface area contributed by atoms with E-state index in [9.17, 15) is 13.2 Å². The highest BCUT2D eigenvalue weighted by Crippen LogP contribution is 2.24. The lowest BCUT2D eigenvalue weighted by atomic mass is 10.0. The standard InChI is InChI=1S/C10H19N3O3S2/c1-2-8(10(12)17)18(15,16)13-6-4-3-5-7(13)9(11)14/h7-8H,2-6H2,1H3,(H2,11,14)(H2,12,17). The maximum absolute atomic E-state index is 12.4. The zero-order valence-corrected chi connectivity index (χ0v) is 12.0. The second-order valence-electron chi connectivity index (χ2n) is 4.37. The Morgan fingerprint density at radius 2 is 2.06 bits per heavy atom. The summed E-state index contributed by atoms with van der Waals surface area (Å²) in [7, 11) is -3.70. The Kier molecular flexibility index (Phi) is 5.06. The molecule has 1 saturated heterocycles. The third-order valence-corrected chi connectivity index (χ3v) is 5.99. The van der Waals surface area contributed by atoms with Gasteiger partial charge in [-0.3, -0.25) is 4.79 Å². The number of nitrogens with zero attached hydrogens (tertiary/aromatic N) is 1. The molecule has 1 aliphatic heterocycles. The van der Waals surface area contributed by atoms with Crippen molar-refractivity contribution >= 4 is 33.1 Å². The van der Waals surface area contributed by atoms with Crippen LogP contribution in [0, 0.1) is 0 Å². The van der Waals surface area contributed by atoms with Crippen molar-refractivity contribution in [2.45, 2.75) is 43.9 Å². The van der Waals surface area contributed by atoms with Crippen LogP contribution in [0.15, 0.2) is 0 Å². The Morgan fingerprint density at radius 3 is 2.50 bits per heavy atom. The molecule has 0 radical (unpaired) electrons. The summed E-state index contributed by atoms with van der Waals surface area (Å²) >= 11 is 4.79. The van der Waals surface area contributed by atoms with Crippen LogP contribution in [-0.4, -0.2) is 41.5 Å². The van der Waals surface area contributed by atoms with Gasteiger partial charge in [0.25, 0.3) is 0 Å². The van der Waals surface area contributed by atoms with Gasteiger partial charge in [0, 0.05) is 6.54 Å². The summed E-state index contributed by atoms with van der Waals surface area (Å²) in [4.78, 5) is 11.3. The van der Waals surface area contributed by atoms with E-state index >= 15 is 0 Å². The number of hydrogen-bond donors (Lipinski definition) is 2. The number of primary amides is 1. The molecule has 0 spiro atoms. The van der Waals surface area contributed by atoms with Gasteiger partial charge >= 0.3 is 0 Å². The van der Waals surface area contributed by atoms with E-state index < -0.39 is 27.2 Å². The quantitative estimate of drug-likeness (QED) is 0.678. The van der Waals surface area contributed by atoms with Crippen LogP contribution in [0.25, 0.3) is 0 Å². The maximum atomic E-state index is 12.4. The van der Waals surface area contributed by atoms with E-state index in [4.69, 9.17) is 23.7 Å². The van der Waals surface area contributed by atoms with Crippen LogP contribution in [0.3, 0.4) is 0 Å². The van der Waals surface area contributed by atoms with Crippen LogP contribution < -0.4 is 11.5 Å². The molecule has 4 N–H and O–H groups in total. The number of carbonyl (C=O) groups is 1. The number of thiocarbonyl (C=S) groups is 1. The summed E-state index contributed by atoms with van der Waals surface area (Å²) in [5, 5.41) is -0.924. The Hall–Kier alpha value is -0.730. The van der Waals surface area contributed by atoms with E-state index in [0.29, 0.717) is 19.4 Å². The third kappa shape index (κ3) is 2.99. The van der Waals surface area contributed by atoms with Crippen molar-refractivity contribution in [1.82, 2.24) is 4.31 Å². The molecule has 104 valence electrons. The van der Waals surface area contributed by atoms with Gasteiger partial charge in [0.05, 0.1) is 4.99 Å². The van der Waals surface area contributed by atoms with Gasteiger partial charge in [0.15, 0.2) is 0 Å². The van der Waals surface area contributed by atoms with Gasteiger partial charge in [-0.1, -0.05) is 25.6 Å². The summed E-state index contributed by atoms with van der Waals surface area (Å²) in [6, 6.07) is -0.771. The topological polar surface area (TPSA) is 106 Å². The Bertz CT molecular complexity index is 436. The summed E-state index contributed by atoms with van der Waals surface area (Å²) in [6.45, 7) is 2.00. The predicted molar refractivity (Wildman–Crippen MR) is 73.3 cm³/mol. The predicted octanol–water partition coefficient (Wildman–Crippen LogP) is -0.279. The lowest BCUT2D eigenvalue weighted by Gasteiger charge is -2.34. The van der Waals surface area contributed by atoms with Crippen molar-refractivity contribution in [2.75, 3.05) is 6.54 Å². The molecule has 6 nitrogen and oxygen atoms in total. The van der Waals surface area contributed by atoms with Gasteiger partial charge in [-0.05, 0) is 19.3 Å². The van der Waals surface area contributed by atoms with E-state index in [-0.39, 0.29) is 4.99 Å². The third-order valence-electron chi connectivity index (χ3n) is 3.16. The fourth-order valence-electron chi connectivity index (χ4n) is 2.22. The first-order valence-corrected chi connectivity index (χ1v) is 7.82. The van der Waals surface area contributed by atoms with Crippen molar-refractivity contribution in [3.8, 4) is 0 Å². The molecule has 1 heterocycles. The second-order valence-corrected chi connectivity index (χ2v) is 6.91. The molecule has 0 aromatic carbocycles. The van der Waals surface area contributed by atoms with Gasteiger partial charge in [-0.15, -0.1) is 0 Å². The zero-order valence-electron chi connectivity index (χ0n) is 10.3. The molecule has 1 amide bonds. The van der Waals surface area contributed by atoms with E-state index in [0.717, 1.165) is 12.8 Å². The summed E-state index contributed by atoms with van der Waals surface area (Å²) in [5.74, 6) is -0.615. The largest absolute Gasteiger partial charge is 0.392 e. The monoisotopic (exact) mass is 293 g/mol. The number of rotatable bonds is 5. The first-order chi connectivity index (χ1) is 8.32. The molecule has 0 bridgehead atoms. The molecule has 0 saturated carbocycles. The molecule has 2 atom stereocenters. The first-order valence-electron chi connectivity index (χ1n) is 5.91. The van der Waals surface area contributed by atoms with E-state index in [1.54, 1.807) is 6.92 Å². The maximum Gasteiger partial charge on any atom is 0.235 e. The summed E-state index contributed by atoms with van der Waals surface area (Å²) < 4.78 is 26.0. The normalized spacial score (nSPS) is 23.5. The van der Waals surface area contributed by atoms with Gasteiger partial charge < -0.3 is 11.5 Å². The van der Waals surface area contributed by atoms with Crippen LogP contribution in [0.5, 0.6) is 0 Å². The van der Waals surface area contributed by atoms with Gasteiger partial charge in [-0.25, -0.2) is 8.42 Å². The van der Waals surface area contributed by atoms with Gasteiger partial charge in [-0.2, -0.15) is 4.31 Å².